The second-order valence-corrected chi connectivity index (χ2v) is 4.97. The van der Waals surface area contributed by atoms with Crippen LogP contribution < -0.4 is 10.1 Å². The Hall–Kier alpha value is -1.99. The van der Waals surface area contributed by atoms with Crippen molar-refractivity contribution in [2.24, 2.45) is 0 Å². The van der Waals surface area contributed by atoms with Crippen LogP contribution in [0.5, 0.6) is 5.75 Å². The van der Waals surface area contributed by atoms with E-state index in [2.05, 4.69) is 15.3 Å². The maximum absolute atomic E-state index is 12.0. The molecule has 1 heterocycles. The highest BCUT2D eigenvalue weighted by molar-refractivity contribution is 7.98. The molecule has 0 aliphatic rings. The van der Waals surface area contributed by atoms with Crippen LogP contribution in [0.3, 0.4) is 0 Å². The van der Waals surface area contributed by atoms with Gasteiger partial charge in [-0.15, -0.1) is 12.4 Å². The molecular formula is C15H18ClN3O3S. The third-order valence-corrected chi connectivity index (χ3v) is 3.34. The first-order valence-electron chi connectivity index (χ1n) is 6.67. The van der Waals surface area contributed by atoms with E-state index in [0.29, 0.717) is 28.9 Å². The van der Waals surface area contributed by atoms with E-state index in [4.69, 9.17) is 9.47 Å². The molecule has 0 atom stereocenters. The van der Waals surface area contributed by atoms with Gasteiger partial charge in [-0.3, -0.25) is 0 Å². The lowest BCUT2D eigenvalue weighted by atomic mass is 10.2. The SMILES string of the molecule is CCOC(=O)c1cnc(SC)nc1Nc1cccc(OC)c1.Cl. The van der Waals surface area contributed by atoms with Gasteiger partial charge in [-0.2, -0.15) is 0 Å². The van der Waals surface area contributed by atoms with Crippen molar-refractivity contribution in [1.29, 1.82) is 0 Å². The number of halogens is 1. The Labute approximate surface area is 145 Å². The molecule has 0 amide bonds. The van der Waals surface area contributed by atoms with Crippen molar-refractivity contribution in [3.63, 3.8) is 0 Å². The number of carbonyl (C=O) groups excluding carboxylic acids is 1. The topological polar surface area (TPSA) is 73.3 Å². The molecule has 0 saturated carbocycles. The Kier molecular flexibility index (Phi) is 7.64. The molecule has 0 aliphatic carbocycles. The summed E-state index contributed by atoms with van der Waals surface area (Å²) in [5, 5.41) is 3.68. The summed E-state index contributed by atoms with van der Waals surface area (Å²) in [6.07, 6.45) is 3.34. The summed E-state index contributed by atoms with van der Waals surface area (Å²) < 4.78 is 10.2. The van der Waals surface area contributed by atoms with Gasteiger partial charge in [0.2, 0.25) is 0 Å². The molecule has 8 heteroatoms. The summed E-state index contributed by atoms with van der Waals surface area (Å²) in [5.74, 6) is 0.661. The molecule has 2 aromatic rings. The molecule has 23 heavy (non-hydrogen) atoms. The highest BCUT2D eigenvalue weighted by atomic mass is 35.5. The molecule has 0 saturated heterocycles. The zero-order valence-electron chi connectivity index (χ0n) is 13.0. The molecule has 0 fully saturated rings. The van der Waals surface area contributed by atoms with E-state index in [1.165, 1.54) is 18.0 Å². The Morgan fingerprint density at radius 3 is 2.83 bits per heavy atom. The van der Waals surface area contributed by atoms with E-state index in [1.807, 2.05) is 30.5 Å². The number of esters is 1. The zero-order valence-corrected chi connectivity index (χ0v) is 14.7. The average Bonchev–Trinajstić information content (AvgIpc) is 2.55. The van der Waals surface area contributed by atoms with Crippen molar-refractivity contribution in [3.05, 3.63) is 36.0 Å². The Bertz CT molecular complexity index is 670. The van der Waals surface area contributed by atoms with Gasteiger partial charge >= 0.3 is 5.97 Å². The van der Waals surface area contributed by atoms with Crippen LogP contribution in [-0.2, 0) is 4.74 Å². The van der Waals surface area contributed by atoms with Gasteiger partial charge in [0.05, 0.1) is 13.7 Å². The smallest absolute Gasteiger partial charge is 0.343 e. The highest BCUT2D eigenvalue weighted by Gasteiger charge is 2.16. The molecule has 124 valence electrons. The summed E-state index contributed by atoms with van der Waals surface area (Å²) >= 11 is 1.40. The van der Waals surface area contributed by atoms with Crippen molar-refractivity contribution in [2.75, 3.05) is 25.3 Å². The lowest BCUT2D eigenvalue weighted by molar-refractivity contribution is 0.0526. The maximum Gasteiger partial charge on any atom is 0.343 e. The molecular weight excluding hydrogens is 338 g/mol. The van der Waals surface area contributed by atoms with Crippen LogP contribution in [0.15, 0.2) is 35.6 Å². The first kappa shape index (κ1) is 19.1. The van der Waals surface area contributed by atoms with E-state index in [-0.39, 0.29) is 12.4 Å². The quantitative estimate of drug-likeness (QED) is 0.482. The lowest BCUT2D eigenvalue weighted by Crippen LogP contribution is -2.10. The summed E-state index contributed by atoms with van der Waals surface area (Å²) in [6.45, 7) is 2.05. The second-order valence-electron chi connectivity index (χ2n) is 4.20. The molecule has 0 bridgehead atoms. The largest absolute Gasteiger partial charge is 0.497 e. The van der Waals surface area contributed by atoms with Gasteiger partial charge in [0.1, 0.15) is 17.1 Å². The third kappa shape index (κ3) is 5.01. The van der Waals surface area contributed by atoms with E-state index in [0.717, 1.165) is 5.69 Å². The van der Waals surface area contributed by atoms with Crippen LogP contribution in [0.2, 0.25) is 0 Å². The fourth-order valence-electron chi connectivity index (χ4n) is 1.76. The van der Waals surface area contributed by atoms with Crippen LogP contribution >= 0.6 is 24.2 Å². The second kappa shape index (κ2) is 9.22. The summed E-state index contributed by atoms with van der Waals surface area (Å²) in [4.78, 5) is 20.5. The number of methoxy groups -OCH3 is 1. The molecule has 1 aromatic carbocycles. The number of carbonyl (C=O) groups is 1. The van der Waals surface area contributed by atoms with Gasteiger partial charge < -0.3 is 14.8 Å². The van der Waals surface area contributed by atoms with Gasteiger partial charge in [-0.05, 0) is 25.3 Å². The van der Waals surface area contributed by atoms with Crippen molar-refractivity contribution in [3.8, 4) is 5.75 Å². The van der Waals surface area contributed by atoms with Gasteiger partial charge in [-0.25, -0.2) is 14.8 Å². The summed E-state index contributed by atoms with van der Waals surface area (Å²) in [6, 6.07) is 7.36. The van der Waals surface area contributed by atoms with Crippen LogP contribution in [0.25, 0.3) is 0 Å². The number of ether oxygens (including phenoxy) is 2. The van der Waals surface area contributed by atoms with Crippen molar-refractivity contribution < 1.29 is 14.3 Å². The van der Waals surface area contributed by atoms with Gasteiger partial charge in [-0.1, -0.05) is 17.8 Å². The van der Waals surface area contributed by atoms with Gasteiger partial charge in [0, 0.05) is 18.0 Å². The van der Waals surface area contributed by atoms with Gasteiger partial charge in [0.15, 0.2) is 5.16 Å². The first-order chi connectivity index (χ1) is 10.7. The normalized spacial score (nSPS) is 9.70. The predicted molar refractivity (Wildman–Crippen MR) is 93.3 cm³/mol. The van der Waals surface area contributed by atoms with Crippen molar-refractivity contribution in [2.45, 2.75) is 12.1 Å². The standard InChI is InChI=1S/C15H17N3O3S.ClH/c1-4-21-14(19)12-9-16-15(22-3)18-13(12)17-10-6-5-7-11(8-10)20-2;/h5-9H,4H2,1-3H3,(H,16,17,18);1H. The van der Waals surface area contributed by atoms with Crippen LogP contribution in [0, 0.1) is 0 Å². The van der Waals surface area contributed by atoms with E-state index < -0.39 is 5.97 Å². The maximum atomic E-state index is 12.0. The molecule has 1 aromatic heterocycles. The predicted octanol–water partition coefficient (Wildman–Crippen LogP) is 3.55. The fraction of sp³-hybridized carbons (Fsp3) is 0.267. The number of thioether (sulfide) groups is 1. The first-order valence-corrected chi connectivity index (χ1v) is 7.89. The molecule has 0 unspecified atom stereocenters. The third-order valence-electron chi connectivity index (χ3n) is 2.78. The Morgan fingerprint density at radius 1 is 1.39 bits per heavy atom. The Morgan fingerprint density at radius 2 is 2.17 bits per heavy atom. The van der Waals surface area contributed by atoms with Crippen molar-refractivity contribution in [1.82, 2.24) is 9.97 Å². The minimum atomic E-state index is -0.458. The number of nitrogens with one attached hydrogen (secondary N) is 1. The number of aromatic nitrogens is 2. The molecule has 0 radical (unpaired) electrons. The highest BCUT2D eigenvalue weighted by Crippen LogP contribution is 2.24. The Balaban J connectivity index is 0.00000264. The van der Waals surface area contributed by atoms with Crippen LogP contribution in [-0.4, -0.2) is 35.9 Å². The van der Waals surface area contributed by atoms with E-state index >= 15 is 0 Å². The monoisotopic (exact) mass is 355 g/mol. The number of rotatable bonds is 6. The number of hydrogen-bond donors (Lipinski definition) is 1. The summed E-state index contributed by atoms with van der Waals surface area (Å²) in [7, 11) is 1.60. The van der Waals surface area contributed by atoms with Gasteiger partial charge in [0.25, 0.3) is 0 Å². The molecule has 6 nitrogen and oxygen atoms in total. The van der Waals surface area contributed by atoms with Crippen molar-refractivity contribution >= 4 is 41.6 Å². The number of hydrogen-bond acceptors (Lipinski definition) is 7. The van der Waals surface area contributed by atoms with Crippen LogP contribution in [0.1, 0.15) is 17.3 Å². The number of anilines is 2. The minimum Gasteiger partial charge on any atom is -0.497 e. The summed E-state index contributed by atoms with van der Waals surface area (Å²) in [5.41, 5.74) is 1.05. The molecule has 1 N–H and O–H groups in total. The van der Waals surface area contributed by atoms with E-state index in [9.17, 15) is 4.79 Å². The molecule has 0 spiro atoms. The lowest BCUT2D eigenvalue weighted by Gasteiger charge is -2.11. The molecule has 2 rings (SSSR count). The minimum absolute atomic E-state index is 0. The number of nitrogens with zero attached hydrogens (tertiary/aromatic N) is 2. The average molecular weight is 356 g/mol. The number of benzene rings is 1. The zero-order chi connectivity index (χ0) is 15.9. The van der Waals surface area contributed by atoms with Crippen LogP contribution in [0.4, 0.5) is 11.5 Å². The van der Waals surface area contributed by atoms with E-state index in [1.54, 1.807) is 14.0 Å². The molecule has 0 aliphatic heterocycles. The fourth-order valence-corrected chi connectivity index (χ4v) is 2.10.